The average Bonchev–Trinajstić information content (AvgIpc) is 2.23. The Bertz CT molecular complexity index is 473. The predicted octanol–water partition coefficient (Wildman–Crippen LogP) is 0.559. The first-order chi connectivity index (χ1) is 7.83. The third kappa shape index (κ3) is 9.43. The van der Waals surface area contributed by atoms with Crippen LogP contribution in [0.4, 0.5) is 0 Å². The Morgan fingerprint density at radius 2 is 1.76 bits per heavy atom. The summed E-state index contributed by atoms with van der Waals surface area (Å²) in [7, 11) is -7.21. The Labute approximate surface area is 107 Å². The molecule has 0 fully saturated rings. The molecule has 0 radical (unpaired) electrons. The molecule has 0 aliphatic heterocycles. The molecule has 2 N–H and O–H groups in total. The van der Waals surface area contributed by atoms with Crippen LogP contribution in [0, 0.1) is 11.2 Å². The molecule has 0 saturated heterocycles. The van der Waals surface area contributed by atoms with Crippen molar-refractivity contribution < 1.29 is 16.8 Å². The molecule has 17 heavy (non-hydrogen) atoms. The van der Waals surface area contributed by atoms with Crippen LogP contribution in [0.5, 0.6) is 0 Å². The molecule has 0 aromatic heterocycles. The van der Waals surface area contributed by atoms with E-state index < -0.39 is 20.0 Å². The highest BCUT2D eigenvalue weighted by molar-refractivity contribution is 8.15. The van der Waals surface area contributed by atoms with Crippen LogP contribution < -0.4 is 8.25 Å². The van der Waals surface area contributed by atoms with Gasteiger partial charge >= 0.3 is 0 Å². The standard InChI is InChI=1S/C8H16N2O4S3/c1-3-5-7-16(11,12)9-15-10-17(13,14)8-6-4-2/h9-10H,3-5,7H2,1-2H3. The molecule has 0 aromatic carbocycles. The second-order valence-corrected chi connectivity index (χ2v) is 7.46. The average molecular weight is 300 g/mol. The molecule has 0 aromatic rings. The zero-order valence-corrected chi connectivity index (χ0v) is 12.1. The maximum Gasteiger partial charge on any atom is 0.290 e. The van der Waals surface area contributed by atoms with Gasteiger partial charge in [-0.2, -0.15) is 8.42 Å². The molecule has 9 heteroatoms. The van der Waals surface area contributed by atoms with Crippen LogP contribution >= 0.6 is 12.1 Å². The van der Waals surface area contributed by atoms with Crippen LogP contribution in [0.3, 0.4) is 0 Å². The van der Waals surface area contributed by atoms with Gasteiger partial charge in [0.2, 0.25) is 10.0 Å². The van der Waals surface area contributed by atoms with E-state index in [0.717, 1.165) is 6.42 Å². The third-order valence-corrected chi connectivity index (χ3v) is 5.27. The van der Waals surface area contributed by atoms with E-state index in [-0.39, 0.29) is 5.75 Å². The molecule has 0 aliphatic rings. The lowest BCUT2D eigenvalue weighted by atomic mass is 10.4. The third-order valence-electron chi connectivity index (χ3n) is 1.47. The lowest BCUT2D eigenvalue weighted by Crippen LogP contribution is -2.26. The summed E-state index contributed by atoms with van der Waals surface area (Å²) in [6, 6.07) is 0. The molecule has 0 saturated carbocycles. The van der Waals surface area contributed by atoms with E-state index in [1.165, 1.54) is 0 Å². The van der Waals surface area contributed by atoms with Crippen molar-refractivity contribution in [3.05, 3.63) is 0 Å². The van der Waals surface area contributed by atoms with Gasteiger partial charge in [0.1, 0.15) is 0 Å². The SMILES string of the molecule is CCC#CS(=O)(=O)NSNS(=O)(=O)CCCC. The van der Waals surface area contributed by atoms with Gasteiger partial charge in [0.05, 0.1) is 5.75 Å². The summed E-state index contributed by atoms with van der Waals surface area (Å²) in [5, 5.41) is 1.99. The Morgan fingerprint density at radius 3 is 2.29 bits per heavy atom. The summed E-state index contributed by atoms with van der Waals surface area (Å²) in [4.78, 5) is 0. The van der Waals surface area contributed by atoms with Crippen LogP contribution in [0.2, 0.25) is 0 Å². The lowest BCUT2D eigenvalue weighted by Gasteiger charge is -2.04. The molecule has 0 atom stereocenters. The van der Waals surface area contributed by atoms with Gasteiger partial charge in [0.25, 0.3) is 10.0 Å². The van der Waals surface area contributed by atoms with Crippen LogP contribution in [-0.2, 0) is 20.0 Å². The number of hydrogen-bond donors (Lipinski definition) is 2. The maximum atomic E-state index is 11.3. The van der Waals surface area contributed by atoms with Crippen LogP contribution in [0.15, 0.2) is 0 Å². The molecule has 0 bridgehead atoms. The Balaban J connectivity index is 4.16. The van der Waals surface area contributed by atoms with Crippen LogP contribution in [0.1, 0.15) is 33.1 Å². The minimum atomic E-state index is -3.76. The molecule has 0 amide bonds. The fourth-order valence-corrected chi connectivity index (χ4v) is 3.59. The first-order valence-electron chi connectivity index (χ1n) is 4.99. The number of nitrogens with one attached hydrogen (secondary N) is 2. The van der Waals surface area contributed by atoms with Gasteiger partial charge in [-0.15, -0.1) is 8.25 Å². The fourth-order valence-electron chi connectivity index (χ4n) is 0.699. The molecule has 0 heterocycles. The number of hydrogen-bond acceptors (Lipinski definition) is 5. The van der Waals surface area contributed by atoms with Crippen molar-refractivity contribution in [1.29, 1.82) is 0 Å². The van der Waals surface area contributed by atoms with Crippen molar-refractivity contribution in [3.8, 4) is 11.2 Å². The van der Waals surface area contributed by atoms with Crippen molar-refractivity contribution in [3.63, 3.8) is 0 Å². The first kappa shape index (κ1) is 16.7. The van der Waals surface area contributed by atoms with Crippen LogP contribution in [-0.4, -0.2) is 22.6 Å². The van der Waals surface area contributed by atoms with Gasteiger partial charge in [-0.3, -0.25) is 0 Å². The second-order valence-electron chi connectivity index (χ2n) is 3.08. The summed E-state index contributed by atoms with van der Waals surface area (Å²) in [5.74, 6) is 2.35. The highest BCUT2D eigenvalue weighted by Gasteiger charge is 2.11. The summed E-state index contributed by atoms with van der Waals surface area (Å²) in [6.45, 7) is 3.58. The van der Waals surface area contributed by atoms with Gasteiger partial charge in [-0.1, -0.05) is 26.2 Å². The van der Waals surface area contributed by atoms with E-state index >= 15 is 0 Å². The largest absolute Gasteiger partial charge is 0.290 e. The molecular formula is C8H16N2O4S3. The molecule has 100 valence electrons. The topological polar surface area (TPSA) is 92.3 Å². The van der Waals surface area contributed by atoms with E-state index in [9.17, 15) is 16.8 Å². The minimum Gasteiger partial charge on any atom is -0.212 e. The molecular weight excluding hydrogens is 284 g/mol. The molecule has 0 aliphatic carbocycles. The highest BCUT2D eigenvalue weighted by atomic mass is 32.3. The van der Waals surface area contributed by atoms with Gasteiger partial charge in [-0.25, -0.2) is 8.42 Å². The summed E-state index contributed by atoms with van der Waals surface area (Å²) in [5.41, 5.74) is 0. The molecule has 6 nitrogen and oxygen atoms in total. The van der Waals surface area contributed by atoms with Crippen molar-refractivity contribution >= 4 is 32.2 Å². The Morgan fingerprint density at radius 1 is 1.12 bits per heavy atom. The van der Waals surface area contributed by atoms with Crippen LogP contribution in [0.25, 0.3) is 0 Å². The van der Waals surface area contributed by atoms with Crippen molar-refractivity contribution in [1.82, 2.24) is 8.25 Å². The lowest BCUT2D eigenvalue weighted by molar-refractivity contribution is 0.591. The number of sulfonamides is 2. The minimum absolute atomic E-state index is 0.0289. The normalized spacial score (nSPS) is 11.9. The number of unbranched alkanes of at least 4 members (excludes halogenated alkanes) is 1. The van der Waals surface area contributed by atoms with Gasteiger partial charge < -0.3 is 0 Å². The Hall–Kier alpha value is -0.270. The molecule has 0 unspecified atom stereocenters. The maximum absolute atomic E-state index is 11.3. The fraction of sp³-hybridized carbons (Fsp3) is 0.750. The van der Waals surface area contributed by atoms with Gasteiger partial charge in [-0.05, 0) is 6.42 Å². The molecule has 0 spiro atoms. The van der Waals surface area contributed by atoms with E-state index in [0.29, 0.717) is 25.0 Å². The second kappa shape index (κ2) is 7.94. The zero-order valence-electron chi connectivity index (χ0n) is 9.69. The van der Waals surface area contributed by atoms with Crippen molar-refractivity contribution in [2.45, 2.75) is 33.1 Å². The van der Waals surface area contributed by atoms with E-state index in [1.54, 1.807) is 6.92 Å². The van der Waals surface area contributed by atoms with E-state index in [4.69, 9.17) is 0 Å². The van der Waals surface area contributed by atoms with Crippen molar-refractivity contribution in [2.24, 2.45) is 0 Å². The Kier molecular flexibility index (Phi) is 7.82. The smallest absolute Gasteiger partial charge is 0.212 e. The first-order valence-corrected chi connectivity index (χ1v) is 8.95. The summed E-state index contributed by atoms with van der Waals surface area (Å²) in [6.07, 6.45) is 1.69. The van der Waals surface area contributed by atoms with E-state index in [2.05, 4.69) is 10.0 Å². The summed E-state index contributed by atoms with van der Waals surface area (Å²) >= 11 is 0.390. The quantitative estimate of drug-likeness (QED) is 0.529. The summed E-state index contributed by atoms with van der Waals surface area (Å²) < 4.78 is 48.9. The van der Waals surface area contributed by atoms with Gasteiger partial charge in [0, 0.05) is 23.8 Å². The van der Waals surface area contributed by atoms with Crippen molar-refractivity contribution in [2.75, 3.05) is 5.75 Å². The number of rotatable bonds is 7. The van der Waals surface area contributed by atoms with Gasteiger partial charge in [0.15, 0.2) is 0 Å². The van der Waals surface area contributed by atoms with E-state index in [1.807, 2.05) is 16.3 Å². The monoisotopic (exact) mass is 300 g/mol. The highest BCUT2D eigenvalue weighted by Crippen LogP contribution is 1.99. The predicted molar refractivity (Wildman–Crippen MR) is 69.5 cm³/mol. The zero-order chi connectivity index (χ0) is 13.4. The molecule has 0 rings (SSSR count).